The summed E-state index contributed by atoms with van der Waals surface area (Å²) >= 11 is 0. The van der Waals surface area contributed by atoms with Gasteiger partial charge < -0.3 is 18.9 Å². The number of rotatable bonds is 28. The summed E-state index contributed by atoms with van der Waals surface area (Å²) in [5, 5.41) is 0. The molecule has 3 aromatic rings. The van der Waals surface area contributed by atoms with E-state index in [2.05, 4.69) is 13.8 Å². The van der Waals surface area contributed by atoms with Crippen LogP contribution in [0.5, 0.6) is 11.5 Å². The second kappa shape index (κ2) is 27.2. The molecule has 0 amide bonds. The van der Waals surface area contributed by atoms with Crippen LogP contribution in [0, 0.1) is 0 Å². The second-order valence-electron chi connectivity index (χ2n) is 14.0. The highest BCUT2D eigenvalue weighted by atomic mass is 16.5. The van der Waals surface area contributed by atoms with Crippen molar-refractivity contribution in [2.24, 2.45) is 0 Å². The van der Waals surface area contributed by atoms with Gasteiger partial charge in [0.2, 0.25) is 0 Å². The lowest BCUT2D eigenvalue weighted by Gasteiger charge is -2.08. The van der Waals surface area contributed by atoms with Gasteiger partial charge in [0.15, 0.2) is 0 Å². The van der Waals surface area contributed by atoms with Crippen molar-refractivity contribution in [3.05, 3.63) is 95.1 Å². The third kappa shape index (κ3) is 18.0. The zero-order chi connectivity index (χ0) is 38.6. The van der Waals surface area contributed by atoms with Gasteiger partial charge in [0.25, 0.3) is 0 Å². The molecule has 0 aliphatic heterocycles. The van der Waals surface area contributed by atoms with Gasteiger partial charge in [-0.2, -0.15) is 0 Å². The molecule has 0 saturated heterocycles. The Morgan fingerprint density at radius 3 is 0.870 bits per heavy atom. The van der Waals surface area contributed by atoms with Crippen LogP contribution in [0.2, 0.25) is 0 Å². The zero-order valence-corrected chi connectivity index (χ0v) is 32.8. The topological polar surface area (TPSA) is 105 Å². The highest BCUT2D eigenvalue weighted by molar-refractivity contribution is 5.95. The second-order valence-corrected chi connectivity index (χ2v) is 14.0. The van der Waals surface area contributed by atoms with E-state index in [4.69, 9.17) is 18.9 Å². The number of carbonyl (C=O) groups is 4. The van der Waals surface area contributed by atoms with Crippen LogP contribution in [-0.4, -0.2) is 37.1 Å². The van der Waals surface area contributed by atoms with Crippen molar-refractivity contribution in [1.29, 1.82) is 0 Å². The molecule has 0 spiro atoms. The van der Waals surface area contributed by atoms with Crippen LogP contribution in [0.4, 0.5) is 0 Å². The zero-order valence-electron chi connectivity index (χ0n) is 32.8. The fourth-order valence-electron chi connectivity index (χ4n) is 6.07. The monoisotopic (exact) mass is 742 g/mol. The minimum absolute atomic E-state index is 0.243. The molecule has 0 aromatic heterocycles. The Balaban J connectivity index is 1.31. The van der Waals surface area contributed by atoms with Gasteiger partial charge in [-0.1, -0.05) is 129 Å². The normalized spacial score (nSPS) is 10.9. The first-order valence-corrected chi connectivity index (χ1v) is 20.5. The van der Waals surface area contributed by atoms with Crippen LogP contribution in [0.25, 0.3) is 0 Å². The Kier molecular flexibility index (Phi) is 22.1. The van der Waals surface area contributed by atoms with Crippen LogP contribution in [0.15, 0.2) is 72.8 Å². The van der Waals surface area contributed by atoms with Gasteiger partial charge in [0.05, 0.1) is 35.5 Å². The van der Waals surface area contributed by atoms with E-state index in [1.54, 1.807) is 48.5 Å². The largest absolute Gasteiger partial charge is 0.462 e. The van der Waals surface area contributed by atoms with Crippen LogP contribution in [-0.2, 0) is 9.47 Å². The SMILES string of the molecule is CCCCCCCCCCCCOC(=O)c1ccc(OC(=O)c2ccc(C(=O)Oc3ccc(C(=O)OCCCCCCCCCCCC)cc3)cc2)cc1. The molecule has 0 fully saturated rings. The maximum Gasteiger partial charge on any atom is 0.343 e. The molecule has 0 aliphatic carbocycles. The highest BCUT2D eigenvalue weighted by Gasteiger charge is 2.15. The van der Waals surface area contributed by atoms with Crippen LogP contribution in [0.1, 0.15) is 184 Å². The predicted octanol–water partition coefficient (Wildman–Crippen LogP) is 12.3. The maximum absolute atomic E-state index is 12.7. The summed E-state index contributed by atoms with van der Waals surface area (Å²) in [5.41, 5.74) is 1.26. The van der Waals surface area contributed by atoms with E-state index >= 15 is 0 Å². The number of carbonyl (C=O) groups excluding carboxylic acids is 4. The molecule has 3 aromatic carbocycles. The molecule has 0 saturated carbocycles. The van der Waals surface area contributed by atoms with E-state index in [1.807, 2.05) is 0 Å². The van der Waals surface area contributed by atoms with Crippen molar-refractivity contribution in [2.75, 3.05) is 13.2 Å². The minimum Gasteiger partial charge on any atom is -0.462 e. The van der Waals surface area contributed by atoms with Gasteiger partial charge in [-0.15, -0.1) is 0 Å². The molecule has 8 nitrogen and oxygen atoms in total. The van der Waals surface area contributed by atoms with Gasteiger partial charge in [-0.25, -0.2) is 19.2 Å². The molecule has 0 radical (unpaired) electrons. The Labute approximate surface area is 323 Å². The van der Waals surface area contributed by atoms with Gasteiger partial charge in [0, 0.05) is 0 Å². The summed E-state index contributed by atoms with van der Waals surface area (Å²) in [6, 6.07) is 18.4. The van der Waals surface area contributed by atoms with Crippen LogP contribution in [0.3, 0.4) is 0 Å². The molecule has 8 heteroatoms. The third-order valence-corrected chi connectivity index (χ3v) is 9.42. The van der Waals surface area contributed by atoms with Gasteiger partial charge in [0.1, 0.15) is 11.5 Å². The summed E-state index contributed by atoms with van der Waals surface area (Å²) in [7, 11) is 0. The lowest BCUT2D eigenvalue weighted by Crippen LogP contribution is -2.12. The van der Waals surface area contributed by atoms with Crippen molar-refractivity contribution >= 4 is 23.9 Å². The number of hydrogen-bond acceptors (Lipinski definition) is 8. The number of hydrogen-bond donors (Lipinski definition) is 0. The summed E-state index contributed by atoms with van der Waals surface area (Å²) in [5.74, 6) is -1.47. The van der Waals surface area contributed by atoms with Crippen molar-refractivity contribution in [1.82, 2.24) is 0 Å². The first kappa shape index (κ1) is 43.9. The molecule has 0 unspecified atom stereocenters. The Bertz CT molecular complexity index is 1380. The number of esters is 4. The van der Waals surface area contributed by atoms with Gasteiger partial charge in [-0.05, 0) is 85.6 Å². The molecule has 0 heterocycles. The Morgan fingerprint density at radius 2 is 0.574 bits per heavy atom. The molecule has 54 heavy (non-hydrogen) atoms. The molecule has 3 rings (SSSR count). The molecule has 0 bridgehead atoms. The van der Waals surface area contributed by atoms with Crippen LogP contribution >= 0.6 is 0 Å². The van der Waals surface area contributed by atoms with E-state index in [-0.39, 0.29) is 22.6 Å². The van der Waals surface area contributed by atoms with E-state index in [0.29, 0.717) is 24.3 Å². The van der Waals surface area contributed by atoms with Crippen molar-refractivity contribution in [3.63, 3.8) is 0 Å². The van der Waals surface area contributed by atoms with Crippen molar-refractivity contribution < 1.29 is 38.1 Å². The molecular weight excluding hydrogens is 680 g/mol. The van der Waals surface area contributed by atoms with Gasteiger partial charge in [-0.3, -0.25) is 0 Å². The lowest BCUT2D eigenvalue weighted by molar-refractivity contribution is 0.0488. The molecule has 0 atom stereocenters. The average molecular weight is 743 g/mol. The summed E-state index contributed by atoms with van der Waals surface area (Å²) < 4.78 is 21.7. The smallest absolute Gasteiger partial charge is 0.343 e. The van der Waals surface area contributed by atoms with E-state index in [0.717, 1.165) is 38.5 Å². The fourth-order valence-corrected chi connectivity index (χ4v) is 6.07. The number of ether oxygens (including phenoxy) is 4. The van der Waals surface area contributed by atoms with E-state index in [9.17, 15) is 19.2 Å². The summed E-state index contributed by atoms with van der Waals surface area (Å²) in [6.07, 6.45) is 24.3. The summed E-state index contributed by atoms with van der Waals surface area (Å²) in [6.45, 7) is 5.24. The predicted molar refractivity (Wildman–Crippen MR) is 213 cm³/mol. The highest BCUT2D eigenvalue weighted by Crippen LogP contribution is 2.19. The number of unbranched alkanes of at least 4 members (excludes halogenated alkanes) is 18. The molecular formula is C46H62O8. The quantitative estimate of drug-likeness (QED) is 0.0411. The fraction of sp³-hybridized carbons (Fsp3) is 0.522. The molecule has 294 valence electrons. The first-order chi connectivity index (χ1) is 26.4. The maximum atomic E-state index is 12.7. The van der Waals surface area contributed by atoms with Crippen molar-refractivity contribution in [3.8, 4) is 11.5 Å². The molecule has 0 aliphatic rings. The van der Waals surface area contributed by atoms with Crippen LogP contribution < -0.4 is 9.47 Å². The Morgan fingerprint density at radius 1 is 0.333 bits per heavy atom. The average Bonchev–Trinajstić information content (AvgIpc) is 3.19. The Hall–Kier alpha value is -4.46. The third-order valence-electron chi connectivity index (χ3n) is 9.42. The van der Waals surface area contributed by atoms with E-state index < -0.39 is 23.9 Å². The standard InChI is InChI=1S/C46H62O8/c1-3-5-7-9-11-13-15-17-19-21-35-51-43(47)37-27-31-41(32-28-37)53-45(49)39-23-25-40(26-24-39)46(50)54-42-33-29-38(30-34-42)44(48)52-36-22-20-18-16-14-12-10-8-6-4-2/h23-34H,3-22,35-36H2,1-2H3. The minimum atomic E-state index is -0.609. The lowest BCUT2D eigenvalue weighted by atomic mass is 10.1. The first-order valence-electron chi connectivity index (χ1n) is 20.5. The summed E-state index contributed by atoms with van der Waals surface area (Å²) in [4.78, 5) is 50.3. The van der Waals surface area contributed by atoms with Gasteiger partial charge >= 0.3 is 23.9 Å². The van der Waals surface area contributed by atoms with E-state index in [1.165, 1.54) is 114 Å². The number of benzene rings is 3. The molecule has 0 N–H and O–H groups in total. The van der Waals surface area contributed by atoms with Crippen molar-refractivity contribution in [2.45, 2.75) is 142 Å².